The molecule has 0 bridgehead atoms. The lowest BCUT2D eigenvalue weighted by Gasteiger charge is -2.13. The molecule has 0 aliphatic carbocycles. The van der Waals surface area contributed by atoms with Crippen LogP contribution < -0.4 is 0 Å². The van der Waals surface area contributed by atoms with Crippen molar-refractivity contribution in [1.29, 1.82) is 0 Å². The van der Waals surface area contributed by atoms with Crippen molar-refractivity contribution in [1.82, 2.24) is 0 Å². The molecule has 0 aliphatic rings. The normalized spacial score (nSPS) is 12.4. The molecule has 1 unspecified atom stereocenters. The Morgan fingerprint density at radius 1 is 1.11 bits per heavy atom. The summed E-state index contributed by atoms with van der Waals surface area (Å²) in [6.45, 7) is 0. The van der Waals surface area contributed by atoms with Crippen LogP contribution in [0, 0.1) is 5.82 Å². The van der Waals surface area contributed by atoms with E-state index >= 15 is 0 Å². The molecule has 1 atom stereocenters. The lowest BCUT2D eigenvalue weighted by atomic mass is 10.0. The first kappa shape index (κ1) is 13.9. The lowest BCUT2D eigenvalue weighted by Crippen LogP contribution is -1.98. The highest BCUT2D eigenvalue weighted by Gasteiger charge is 2.14. The van der Waals surface area contributed by atoms with Crippen molar-refractivity contribution in [3.63, 3.8) is 0 Å². The zero-order chi connectivity index (χ0) is 13.1. The van der Waals surface area contributed by atoms with Crippen LogP contribution >= 0.6 is 39.1 Å². The van der Waals surface area contributed by atoms with E-state index in [-0.39, 0.29) is 10.6 Å². The first-order chi connectivity index (χ1) is 8.58. The fraction of sp³-hybridized carbons (Fsp3) is 0.143. The van der Waals surface area contributed by atoms with Crippen LogP contribution in [0.2, 0.25) is 10.0 Å². The van der Waals surface area contributed by atoms with Crippen molar-refractivity contribution in [2.75, 3.05) is 0 Å². The van der Waals surface area contributed by atoms with E-state index < -0.39 is 0 Å². The van der Waals surface area contributed by atoms with Crippen LogP contribution in [0.15, 0.2) is 42.5 Å². The average molecular weight is 348 g/mol. The molecule has 2 rings (SSSR count). The number of hydrogen-bond donors (Lipinski definition) is 0. The Kier molecular flexibility index (Phi) is 4.66. The van der Waals surface area contributed by atoms with Crippen LogP contribution in [0.1, 0.15) is 16.0 Å². The van der Waals surface area contributed by atoms with Gasteiger partial charge in [0.1, 0.15) is 5.82 Å². The minimum atomic E-state index is -0.202. The zero-order valence-electron chi connectivity index (χ0n) is 9.34. The van der Waals surface area contributed by atoms with Crippen LogP contribution in [0.4, 0.5) is 4.39 Å². The molecule has 0 amide bonds. The van der Waals surface area contributed by atoms with Crippen molar-refractivity contribution in [2.24, 2.45) is 0 Å². The number of benzene rings is 2. The van der Waals surface area contributed by atoms with Gasteiger partial charge >= 0.3 is 0 Å². The predicted molar refractivity (Wildman–Crippen MR) is 78.2 cm³/mol. The summed E-state index contributed by atoms with van der Waals surface area (Å²) in [5.74, 6) is -0.202. The maximum atomic E-state index is 13.6. The molecule has 0 spiro atoms. The van der Waals surface area contributed by atoms with Gasteiger partial charge in [-0.25, -0.2) is 4.39 Å². The SMILES string of the molecule is Fc1ccccc1CC(Br)c1ccc(Cl)cc1Cl. The third-order valence-corrected chi connectivity index (χ3v) is 4.04. The monoisotopic (exact) mass is 346 g/mol. The van der Waals surface area contributed by atoms with Crippen LogP contribution in [0.3, 0.4) is 0 Å². The second kappa shape index (κ2) is 6.05. The Morgan fingerprint density at radius 2 is 1.83 bits per heavy atom. The average Bonchev–Trinajstić information content (AvgIpc) is 2.32. The van der Waals surface area contributed by atoms with Gasteiger partial charge in [-0.1, -0.05) is 63.4 Å². The highest BCUT2D eigenvalue weighted by atomic mass is 79.9. The van der Waals surface area contributed by atoms with Gasteiger partial charge in [0.25, 0.3) is 0 Å². The van der Waals surface area contributed by atoms with E-state index in [2.05, 4.69) is 15.9 Å². The molecule has 2 aromatic rings. The van der Waals surface area contributed by atoms with Gasteiger partial charge in [-0.3, -0.25) is 0 Å². The van der Waals surface area contributed by atoms with E-state index in [4.69, 9.17) is 23.2 Å². The maximum Gasteiger partial charge on any atom is 0.126 e. The second-order valence-electron chi connectivity index (χ2n) is 3.93. The third-order valence-electron chi connectivity index (χ3n) is 2.66. The fourth-order valence-corrected chi connectivity index (χ4v) is 3.14. The van der Waals surface area contributed by atoms with Crippen molar-refractivity contribution in [2.45, 2.75) is 11.2 Å². The molecule has 0 saturated carbocycles. The van der Waals surface area contributed by atoms with Gasteiger partial charge in [0.2, 0.25) is 0 Å². The van der Waals surface area contributed by atoms with E-state index in [1.54, 1.807) is 24.3 Å². The Morgan fingerprint density at radius 3 is 2.50 bits per heavy atom. The van der Waals surface area contributed by atoms with Gasteiger partial charge in [0.05, 0.1) is 0 Å². The van der Waals surface area contributed by atoms with Gasteiger partial charge in [-0.05, 0) is 35.7 Å². The minimum absolute atomic E-state index is 0.0424. The molecular formula is C14H10BrCl2F. The Labute approximate surface area is 124 Å². The molecule has 0 fully saturated rings. The summed E-state index contributed by atoms with van der Waals surface area (Å²) in [7, 11) is 0. The molecule has 18 heavy (non-hydrogen) atoms. The zero-order valence-corrected chi connectivity index (χ0v) is 12.4. The van der Waals surface area contributed by atoms with E-state index in [0.717, 1.165) is 5.56 Å². The number of alkyl halides is 1. The predicted octanol–water partition coefficient (Wildman–Crippen LogP) is 5.81. The lowest BCUT2D eigenvalue weighted by molar-refractivity contribution is 0.608. The molecule has 0 saturated heterocycles. The van der Waals surface area contributed by atoms with E-state index in [1.807, 2.05) is 12.1 Å². The first-order valence-corrected chi connectivity index (χ1v) is 7.07. The van der Waals surface area contributed by atoms with Gasteiger partial charge in [-0.15, -0.1) is 0 Å². The van der Waals surface area contributed by atoms with Crippen molar-refractivity contribution in [3.8, 4) is 0 Å². The largest absolute Gasteiger partial charge is 0.207 e. The topological polar surface area (TPSA) is 0 Å². The minimum Gasteiger partial charge on any atom is -0.207 e. The van der Waals surface area contributed by atoms with Gasteiger partial charge in [0, 0.05) is 14.9 Å². The smallest absolute Gasteiger partial charge is 0.126 e. The molecule has 0 N–H and O–H groups in total. The van der Waals surface area contributed by atoms with Crippen molar-refractivity contribution < 1.29 is 4.39 Å². The van der Waals surface area contributed by atoms with E-state index in [0.29, 0.717) is 22.0 Å². The molecular weight excluding hydrogens is 338 g/mol. The number of halogens is 4. The summed E-state index contributed by atoms with van der Waals surface area (Å²) >= 11 is 15.5. The summed E-state index contributed by atoms with van der Waals surface area (Å²) in [6.07, 6.45) is 0.536. The maximum absolute atomic E-state index is 13.6. The molecule has 0 aliphatic heterocycles. The summed E-state index contributed by atoms with van der Waals surface area (Å²) < 4.78 is 13.6. The Bertz CT molecular complexity index is 557. The quantitative estimate of drug-likeness (QED) is 0.614. The van der Waals surface area contributed by atoms with E-state index in [1.165, 1.54) is 6.07 Å². The van der Waals surface area contributed by atoms with Crippen molar-refractivity contribution >= 4 is 39.1 Å². The molecule has 0 heterocycles. The molecule has 2 aromatic carbocycles. The molecule has 0 nitrogen and oxygen atoms in total. The van der Waals surface area contributed by atoms with Crippen LogP contribution in [0.5, 0.6) is 0 Å². The Hall–Kier alpha value is -0.570. The third kappa shape index (κ3) is 3.25. The number of rotatable bonds is 3. The molecule has 0 aromatic heterocycles. The summed E-state index contributed by atoms with van der Waals surface area (Å²) in [5.41, 5.74) is 1.56. The van der Waals surface area contributed by atoms with Crippen molar-refractivity contribution in [3.05, 3.63) is 69.5 Å². The van der Waals surface area contributed by atoms with Gasteiger partial charge < -0.3 is 0 Å². The van der Waals surface area contributed by atoms with Gasteiger partial charge in [-0.2, -0.15) is 0 Å². The first-order valence-electron chi connectivity index (χ1n) is 5.40. The second-order valence-corrected chi connectivity index (χ2v) is 5.88. The summed E-state index contributed by atoms with van der Waals surface area (Å²) in [6, 6.07) is 12.0. The standard InChI is InChI=1S/C14H10BrCl2F/c15-12(7-9-3-1-2-4-14(9)18)11-6-5-10(16)8-13(11)17/h1-6,8,12H,7H2. The van der Waals surface area contributed by atoms with Crippen LogP contribution in [-0.4, -0.2) is 0 Å². The molecule has 4 heteroatoms. The highest BCUT2D eigenvalue weighted by molar-refractivity contribution is 9.09. The molecule has 0 radical (unpaired) electrons. The summed E-state index contributed by atoms with van der Waals surface area (Å²) in [5, 5.41) is 1.18. The van der Waals surface area contributed by atoms with E-state index in [9.17, 15) is 4.39 Å². The summed E-state index contributed by atoms with van der Waals surface area (Å²) in [4.78, 5) is -0.0424. The fourth-order valence-electron chi connectivity index (χ4n) is 1.72. The van der Waals surface area contributed by atoms with Gasteiger partial charge in [0.15, 0.2) is 0 Å². The van der Waals surface area contributed by atoms with Crippen LogP contribution in [-0.2, 0) is 6.42 Å². The number of hydrogen-bond acceptors (Lipinski definition) is 0. The molecule has 94 valence electrons. The Balaban J connectivity index is 2.22. The highest BCUT2D eigenvalue weighted by Crippen LogP contribution is 2.34. The van der Waals surface area contributed by atoms with Crippen LogP contribution in [0.25, 0.3) is 0 Å².